The molecule has 0 saturated heterocycles. The van der Waals surface area contributed by atoms with E-state index in [4.69, 9.17) is 6.42 Å². The van der Waals surface area contributed by atoms with Crippen LogP contribution in [-0.4, -0.2) is 96.9 Å². The number of nitrogens with one attached hydrogen (secondary N) is 2. The number of hydrogen-bond acceptors (Lipinski definition) is 7. The monoisotopic (exact) mass is 724 g/mol. The molecular formula is C40H60N4O6S. The number of carbonyl (C=O) groups excluding carboxylic acids is 2. The van der Waals surface area contributed by atoms with Crippen LogP contribution < -0.4 is 10.6 Å². The zero-order valence-corrected chi connectivity index (χ0v) is 31.7. The summed E-state index contributed by atoms with van der Waals surface area (Å²) in [6, 6.07) is 17.2. The summed E-state index contributed by atoms with van der Waals surface area (Å²) in [5, 5.41) is 27.7. The van der Waals surface area contributed by atoms with Crippen LogP contribution in [0, 0.1) is 30.1 Å². The van der Waals surface area contributed by atoms with Crippen LogP contribution in [0.4, 0.5) is 0 Å². The molecule has 51 heavy (non-hydrogen) atoms. The number of benzene rings is 2. The van der Waals surface area contributed by atoms with Crippen molar-refractivity contribution in [2.75, 3.05) is 32.9 Å². The molecule has 3 rings (SSSR count). The van der Waals surface area contributed by atoms with Crippen LogP contribution in [0.15, 0.2) is 60.7 Å². The summed E-state index contributed by atoms with van der Waals surface area (Å²) in [7, 11) is -0.436. The van der Waals surface area contributed by atoms with E-state index in [0.29, 0.717) is 31.8 Å². The number of hydrogen-bond donors (Lipinski definition) is 4. The van der Waals surface area contributed by atoms with Gasteiger partial charge in [-0.25, -0.2) is 12.7 Å². The van der Waals surface area contributed by atoms with Gasteiger partial charge in [-0.3, -0.25) is 9.59 Å². The quantitative estimate of drug-likeness (QED) is 0.143. The second-order valence-corrected chi connectivity index (χ2v) is 16.8. The molecule has 2 amide bonds. The first-order valence-electron chi connectivity index (χ1n) is 18.4. The topological polar surface area (TPSA) is 139 Å². The molecule has 0 unspecified atom stereocenters. The van der Waals surface area contributed by atoms with Gasteiger partial charge >= 0.3 is 0 Å². The summed E-state index contributed by atoms with van der Waals surface area (Å²) in [6.07, 6.45) is 9.60. The van der Waals surface area contributed by atoms with Crippen molar-refractivity contribution >= 4 is 21.8 Å². The highest BCUT2D eigenvalue weighted by molar-refractivity contribution is 7.89. The second kappa shape index (κ2) is 21.3. The average Bonchev–Trinajstić information content (AvgIpc) is 3.10. The molecule has 1 fully saturated rings. The maximum absolute atomic E-state index is 13.9. The van der Waals surface area contributed by atoms with Crippen molar-refractivity contribution in [1.29, 1.82) is 0 Å². The summed E-state index contributed by atoms with van der Waals surface area (Å²) in [5.74, 6) is 0.264. The van der Waals surface area contributed by atoms with E-state index < -0.39 is 57.8 Å². The first-order chi connectivity index (χ1) is 24.3. The molecule has 11 heteroatoms. The van der Waals surface area contributed by atoms with Gasteiger partial charge < -0.3 is 25.7 Å². The van der Waals surface area contributed by atoms with Crippen molar-refractivity contribution in [3.05, 3.63) is 71.8 Å². The highest BCUT2D eigenvalue weighted by Crippen LogP contribution is 2.29. The van der Waals surface area contributed by atoms with Gasteiger partial charge in [-0.2, -0.15) is 0 Å². The van der Waals surface area contributed by atoms with Gasteiger partial charge in [0, 0.05) is 33.1 Å². The Hall–Kier alpha value is -3.27. The molecule has 282 valence electrons. The largest absolute Gasteiger partial charge is 0.390 e. The molecule has 0 aliphatic heterocycles. The third kappa shape index (κ3) is 14.7. The maximum atomic E-state index is 13.9. The van der Waals surface area contributed by atoms with Crippen LogP contribution in [0.3, 0.4) is 0 Å². The number of rotatable bonds is 21. The highest BCUT2D eigenvalue weighted by atomic mass is 32.2. The van der Waals surface area contributed by atoms with E-state index in [0.717, 1.165) is 43.2 Å². The van der Waals surface area contributed by atoms with Gasteiger partial charge in [0.15, 0.2) is 0 Å². The van der Waals surface area contributed by atoms with E-state index in [1.807, 2.05) is 86.5 Å². The zero-order chi connectivity index (χ0) is 37.4. The van der Waals surface area contributed by atoms with Gasteiger partial charge in [-0.05, 0) is 49.3 Å². The van der Waals surface area contributed by atoms with Gasteiger partial charge in [-0.1, -0.05) is 107 Å². The number of amides is 2. The highest BCUT2D eigenvalue weighted by Gasteiger charge is 2.35. The summed E-state index contributed by atoms with van der Waals surface area (Å²) in [4.78, 5) is 29.8. The van der Waals surface area contributed by atoms with Gasteiger partial charge in [-0.15, -0.1) is 12.3 Å². The Kier molecular flexibility index (Phi) is 17.6. The average molecular weight is 725 g/mol. The Morgan fingerprint density at radius 3 is 2.10 bits per heavy atom. The van der Waals surface area contributed by atoms with Crippen molar-refractivity contribution in [3.8, 4) is 12.3 Å². The third-order valence-corrected chi connectivity index (χ3v) is 11.7. The Morgan fingerprint density at radius 1 is 0.902 bits per heavy atom. The predicted molar refractivity (Wildman–Crippen MR) is 203 cm³/mol. The van der Waals surface area contributed by atoms with Crippen molar-refractivity contribution in [2.24, 2.45) is 17.8 Å². The van der Waals surface area contributed by atoms with Crippen molar-refractivity contribution in [1.82, 2.24) is 19.8 Å². The summed E-state index contributed by atoms with van der Waals surface area (Å²) < 4.78 is 28.6. The number of likely N-dealkylation sites (N-methyl/N-ethyl adjacent to an activating group) is 2. The Bertz CT molecular complexity index is 1480. The molecule has 0 spiro atoms. The van der Waals surface area contributed by atoms with Gasteiger partial charge in [0.05, 0.1) is 23.8 Å². The minimum absolute atomic E-state index is 0.128. The molecule has 1 saturated carbocycles. The van der Waals surface area contributed by atoms with E-state index in [2.05, 4.69) is 16.6 Å². The Morgan fingerprint density at radius 2 is 1.51 bits per heavy atom. The lowest BCUT2D eigenvalue weighted by Gasteiger charge is -2.33. The first-order valence-corrected chi connectivity index (χ1v) is 20.0. The lowest BCUT2D eigenvalue weighted by molar-refractivity contribution is -0.132. The fraction of sp³-hybridized carbons (Fsp3) is 0.600. The van der Waals surface area contributed by atoms with Crippen molar-refractivity contribution < 1.29 is 28.2 Å². The second-order valence-electron chi connectivity index (χ2n) is 14.7. The van der Waals surface area contributed by atoms with Crippen LogP contribution in [0.1, 0.15) is 76.3 Å². The Labute approximate surface area is 306 Å². The van der Waals surface area contributed by atoms with Gasteiger partial charge in [0.2, 0.25) is 21.8 Å². The molecule has 2 aromatic rings. The molecule has 4 N–H and O–H groups in total. The lowest BCUT2D eigenvalue weighted by Crippen LogP contribution is -2.56. The van der Waals surface area contributed by atoms with Crippen molar-refractivity contribution in [2.45, 2.75) is 102 Å². The third-order valence-electron chi connectivity index (χ3n) is 9.79. The normalized spacial score (nSPS) is 17.0. The molecule has 0 bridgehead atoms. The smallest absolute Gasteiger partial charge is 0.243 e. The predicted octanol–water partition coefficient (Wildman–Crippen LogP) is 3.97. The molecule has 1 aliphatic rings. The molecule has 0 radical (unpaired) electrons. The molecular weight excluding hydrogens is 665 g/mol. The fourth-order valence-electron chi connectivity index (χ4n) is 6.79. The van der Waals surface area contributed by atoms with Crippen molar-refractivity contribution in [3.63, 3.8) is 0 Å². The number of sulfonamides is 1. The SMILES string of the molecule is C#CC[C@H](NC(=O)[C@H](Cc1ccccc1)CS(=O)(=O)N(C)CCN(C)Cc1ccccc1)C(=O)N[C@@H](CC1CCCCC1)[C@@H](O)[C@@H](O)CC(C)C. The van der Waals surface area contributed by atoms with E-state index >= 15 is 0 Å². The van der Waals surface area contributed by atoms with E-state index in [1.165, 1.54) is 11.4 Å². The summed E-state index contributed by atoms with van der Waals surface area (Å²) in [5.41, 5.74) is 1.91. The summed E-state index contributed by atoms with van der Waals surface area (Å²) >= 11 is 0. The molecule has 5 atom stereocenters. The van der Waals surface area contributed by atoms with E-state index in [-0.39, 0.29) is 25.3 Å². The fourth-order valence-corrected chi connectivity index (χ4v) is 8.18. The molecule has 0 aromatic heterocycles. The minimum Gasteiger partial charge on any atom is -0.390 e. The standard InChI is InChI=1S/C40H60N4O6S/c1-6-16-35(40(48)42-36(27-32-19-12-8-13-20-32)38(46)37(45)25-30(2)3)41-39(47)34(26-31-17-10-7-11-18-31)29-51(49,50)44(5)24-23-43(4)28-33-21-14-9-15-22-33/h1,7,9-11,14-15,17-18,21-22,30,32,34-38,45-46H,8,12-13,16,19-20,23-29H2,2-5H3,(H,41,47)(H,42,48)/t34-,35+,36+,37+,38-/m1/s1. The van der Waals surface area contributed by atoms with E-state index in [1.54, 1.807) is 0 Å². The van der Waals surface area contributed by atoms with Gasteiger partial charge in [0.1, 0.15) is 12.1 Å². The molecule has 2 aromatic carbocycles. The lowest BCUT2D eigenvalue weighted by atomic mass is 9.82. The van der Waals surface area contributed by atoms with Gasteiger partial charge in [0.25, 0.3) is 0 Å². The molecule has 1 aliphatic carbocycles. The maximum Gasteiger partial charge on any atom is 0.243 e. The van der Waals surface area contributed by atoms with E-state index in [9.17, 15) is 28.2 Å². The van der Waals surface area contributed by atoms with Crippen LogP contribution in [0.25, 0.3) is 0 Å². The Balaban J connectivity index is 1.75. The number of terminal acetylenes is 1. The number of aliphatic hydroxyl groups excluding tert-OH is 2. The minimum atomic E-state index is -3.88. The first kappa shape index (κ1) is 42.1. The number of aliphatic hydroxyl groups is 2. The number of carbonyl (C=O) groups is 2. The van der Waals surface area contributed by atoms with Crippen LogP contribution in [0.2, 0.25) is 0 Å². The zero-order valence-electron chi connectivity index (χ0n) is 30.9. The molecule has 0 heterocycles. The van der Waals surface area contributed by atoms with Crippen LogP contribution in [-0.2, 0) is 32.6 Å². The van der Waals surface area contributed by atoms with Crippen LogP contribution in [0.5, 0.6) is 0 Å². The van der Waals surface area contributed by atoms with Crippen LogP contribution >= 0.6 is 0 Å². The summed E-state index contributed by atoms with van der Waals surface area (Å²) in [6.45, 7) is 5.31. The molecule has 10 nitrogen and oxygen atoms in total. The number of nitrogens with zero attached hydrogens (tertiary/aromatic N) is 2.